The maximum absolute atomic E-state index is 11.3. The molecule has 1 aliphatic carbocycles. The lowest BCUT2D eigenvalue weighted by Gasteiger charge is -2.25. The van der Waals surface area contributed by atoms with Crippen molar-refractivity contribution >= 4 is 34.6 Å². The van der Waals surface area contributed by atoms with E-state index >= 15 is 0 Å². The number of amides is 1. The van der Waals surface area contributed by atoms with Gasteiger partial charge < -0.3 is 30.5 Å². The van der Waals surface area contributed by atoms with Crippen LogP contribution >= 0.6 is 11.6 Å². The van der Waals surface area contributed by atoms with Crippen LogP contribution in [-0.4, -0.2) is 77.2 Å². The van der Waals surface area contributed by atoms with Gasteiger partial charge in [0.15, 0.2) is 17.5 Å². The second-order valence-corrected chi connectivity index (χ2v) is 8.84. The van der Waals surface area contributed by atoms with Gasteiger partial charge in [0.2, 0.25) is 11.4 Å². The van der Waals surface area contributed by atoms with Gasteiger partial charge in [-0.3, -0.25) is 9.36 Å². The number of hydrogen-bond acceptors (Lipinski definition) is 9. The van der Waals surface area contributed by atoms with Gasteiger partial charge in [0.25, 0.3) is 5.91 Å². The summed E-state index contributed by atoms with van der Waals surface area (Å²) in [5, 5.41) is 30.8. The molecule has 2 aromatic heterocycles. The molecule has 13 heteroatoms. The Labute approximate surface area is 199 Å². The molecule has 1 saturated heterocycles. The van der Waals surface area contributed by atoms with Crippen molar-refractivity contribution in [1.29, 1.82) is 0 Å². The summed E-state index contributed by atoms with van der Waals surface area (Å²) >= 11 is 6.17. The number of aliphatic hydroxyl groups is 2. The van der Waals surface area contributed by atoms with Crippen molar-refractivity contribution in [1.82, 2.24) is 19.5 Å². The summed E-state index contributed by atoms with van der Waals surface area (Å²) in [4.78, 5) is 35.4. The number of rotatable bonds is 8. The van der Waals surface area contributed by atoms with Gasteiger partial charge in [-0.2, -0.15) is 4.98 Å². The van der Waals surface area contributed by atoms with Crippen molar-refractivity contribution in [2.75, 3.05) is 6.61 Å². The molecule has 2 aromatic rings. The van der Waals surface area contributed by atoms with E-state index in [0.717, 1.165) is 25.7 Å². The molecule has 2 aliphatic rings. The number of nitrogens with zero attached hydrogens (tertiary/aromatic N) is 4. The van der Waals surface area contributed by atoms with Crippen molar-refractivity contribution in [3.63, 3.8) is 0 Å². The first kappa shape index (κ1) is 24.3. The normalized spacial score (nSPS) is 28.2. The molecular formula is C21H24ClN5O7. The quantitative estimate of drug-likeness (QED) is 0.218. The lowest BCUT2D eigenvalue weighted by Crippen LogP contribution is -2.49. The molecule has 0 spiro atoms. The van der Waals surface area contributed by atoms with Crippen LogP contribution in [0.2, 0.25) is 5.28 Å². The van der Waals surface area contributed by atoms with Gasteiger partial charge in [0.1, 0.15) is 17.7 Å². The standard InChI is InChI=1S/C21H24ClN5O7/c1-2-21(32)12(8-33-14(16(23)29)19(30)31)34-18(15(21)28)27-9-24-13-11(7-10-5-3-4-6-10)25-20(22)26-17(13)27/h1,9-10,12,14-15,18,28,32H,3-8H2,(H2,23,29)(H,30,31)/t12-,14?,15+,18-,21-/m1/s1. The van der Waals surface area contributed by atoms with E-state index in [2.05, 4.69) is 20.9 Å². The van der Waals surface area contributed by atoms with Crippen LogP contribution in [0.1, 0.15) is 37.6 Å². The Morgan fingerprint density at radius 3 is 2.74 bits per heavy atom. The third kappa shape index (κ3) is 4.33. The number of aliphatic carboxylic acids is 1. The second-order valence-electron chi connectivity index (χ2n) is 8.50. The van der Waals surface area contributed by atoms with Crippen molar-refractivity contribution in [2.24, 2.45) is 11.7 Å². The maximum Gasteiger partial charge on any atom is 0.342 e. The zero-order chi connectivity index (χ0) is 24.6. The van der Waals surface area contributed by atoms with Crippen molar-refractivity contribution in [2.45, 2.75) is 62.2 Å². The molecule has 0 aromatic carbocycles. The highest BCUT2D eigenvalue weighted by molar-refractivity contribution is 6.28. The van der Waals surface area contributed by atoms with Gasteiger partial charge in [-0.25, -0.2) is 14.8 Å². The Bertz CT molecular complexity index is 1130. The molecule has 0 radical (unpaired) electrons. The lowest BCUT2D eigenvalue weighted by molar-refractivity contribution is -0.161. The predicted octanol–water partition coefficient (Wildman–Crippen LogP) is -0.210. The van der Waals surface area contributed by atoms with E-state index in [1.54, 1.807) is 0 Å². The summed E-state index contributed by atoms with van der Waals surface area (Å²) in [5.74, 6) is -0.315. The number of halogens is 1. The van der Waals surface area contributed by atoms with Gasteiger partial charge in [0.05, 0.1) is 18.6 Å². The van der Waals surface area contributed by atoms with Crippen LogP contribution in [0.15, 0.2) is 6.33 Å². The summed E-state index contributed by atoms with van der Waals surface area (Å²) < 4.78 is 12.2. The molecule has 1 aliphatic heterocycles. The van der Waals surface area contributed by atoms with Gasteiger partial charge in [0, 0.05) is 0 Å². The number of nitrogens with two attached hydrogens (primary N) is 1. The first-order chi connectivity index (χ1) is 16.2. The van der Waals surface area contributed by atoms with Crippen molar-refractivity contribution in [3.8, 4) is 12.3 Å². The number of hydrogen-bond donors (Lipinski definition) is 4. The van der Waals surface area contributed by atoms with Crippen LogP contribution in [0.25, 0.3) is 11.2 Å². The number of ether oxygens (including phenoxy) is 2. The summed E-state index contributed by atoms with van der Waals surface area (Å²) in [7, 11) is 0. The van der Waals surface area contributed by atoms with Crippen LogP contribution in [0.5, 0.6) is 0 Å². The highest BCUT2D eigenvalue weighted by atomic mass is 35.5. The molecule has 3 heterocycles. The fraction of sp³-hybridized carbons (Fsp3) is 0.571. The van der Waals surface area contributed by atoms with Gasteiger partial charge in [-0.05, 0) is 23.9 Å². The average molecular weight is 494 g/mol. The molecule has 1 unspecified atom stereocenters. The topological polar surface area (TPSA) is 183 Å². The summed E-state index contributed by atoms with van der Waals surface area (Å²) in [6, 6.07) is 0. The molecule has 182 valence electrons. The number of terminal acetylenes is 1. The van der Waals surface area contributed by atoms with E-state index < -0.39 is 48.6 Å². The number of aromatic nitrogens is 4. The number of carbonyl (C=O) groups is 2. The van der Waals surface area contributed by atoms with Gasteiger partial charge in [-0.1, -0.05) is 31.6 Å². The zero-order valence-electron chi connectivity index (χ0n) is 18.0. The maximum atomic E-state index is 11.3. The third-order valence-corrected chi connectivity index (χ3v) is 6.51. The van der Waals surface area contributed by atoms with E-state index in [1.807, 2.05) is 0 Å². The molecule has 34 heavy (non-hydrogen) atoms. The van der Waals surface area contributed by atoms with Crippen LogP contribution in [0.3, 0.4) is 0 Å². The van der Waals surface area contributed by atoms with Crippen LogP contribution in [0, 0.1) is 18.3 Å². The molecule has 0 bridgehead atoms. The molecule has 5 N–H and O–H groups in total. The fourth-order valence-corrected chi connectivity index (χ4v) is 4.72. The minimum absolute atomic E-state index is 0.00686. The molecule has 12 nitrogen and oxygen atoms in total. The molecule has 4 rings (SSSR count). The lowest BCUT2D eigenvalue weighted by atomic mass is 9.93. The average Bonchev–Trinajstić information content (AvgIpc) is 3.49. The Hall–Kier alpha value is -2.82. The largest absolute Gasteiger partial charge is 0.479 e. The fourth-order valence-electron chi connectivity index (χ4n) is 4.54. The second kappa shape index (κ2) is 9.44. The van der Waals surface area contributed by atoms with Crippen LogP contribution in [-0.2, 0) is 25.5 Å². The molecule has 1 amide bonds. The zero-order valence-corrected chi connectivity index (χ0v) is 18.8. The monoisotopic (exact) mass is 493 g/mol. The van der Waals surface area contributed by atoms with E-state index in [0.29, 0.717) is 23.5 Å². The van der Waals surface area contributed by atoms with E-state index in [4.69, 9.17) is 38.3 Å². The Kier molecular flexibility index (Phi) is 6.75. The number of carboxylic acid groups (broad SMARTS) is 1. The number of aliphatic hydroxyl groups excluding tert-OH is 1. The van der Waals surface area contributed by atoms with Crippen LogP contribution in [0.4, 0.5) is 0 Å². The third-order valence-electron chi connectivity index (χ3n) is 6.34. The number of primary amides is 1. The van der Waals surface area contributed by atoms with Crippen LogP contribution < -0.4 is 5.73 Å². The first-order valence-corrected chi connectivity index (χ1v) is 11.1. The van der Waals surface area contributed by atoms with Crippen molar-refractivity contribution < 1.29 is 34.4 Å². The SMILES string of the molecule is C#C[C@@]1(O)[C@@H](COC(C(N)=O)C(=O)O)O[C@@H](n2cnc3c(CC4CCCC4)nc(Cl)nc32)[C@@H]1O. The highest BCUT2D eigenvalue weighted by Crippen LogP contribution is 2.39. The van der Waals surface area contributed by atoms with Gasteiger partial charge >= 0.3 is 5.97 Å². The Balaban J connectivity index is 1.63. The van der Waals surface area contributed by atoms with E-state index in [-0.39, 0.29) is 10.9 Å². The number of imidazole rings is 1. The number of carboxylic acids is 1. The first-order valence-electron chi connectivity index (χ1n) is 10.7. The Morgan fingerprint density at radius 1 is 1.41 bits per heavy atom. The minimum Gasteiger partial charge on any atom is -0.479 e. The minimum atomic E-state index is -2.27. The molecular weight excluding hydrogens is 470 g/mol. The Morgan fingerprint density at radius 2 is 2.12 bits per heavy atom. The van der Waals surface area contributed by atoms with E-state index in [9.17, 15) is 19.8 Å². The number of fused-ring (bicyclic) bond motifs is 1. The van der Waals surface area contributed by atoms with Crippen molar-refractivity contribution in [3.05, 3.63) is 17.3 Å². The molecule has 1 saturated carbocycles. The predicted molar refractivity (Wildman–Crippen MR) is 116 cm³/mol. The van der Waals surface area contributed by atoms with E-state index in [1.165, 1.54) is 10.9 Å². The van der Waals surface area contributed by atoms with Gasteiger partial charge in [-0.15, -0.1) is 6.42 Å². The summed E-state index contributed by atoms with van der Waals surface area (Å²) in [5.41, 5.74) is 4.18. The molecule has 5 atom stereocenters. The summed E-state index contributed by atoms with van der Waals surface area (Å²) in [6.07, 6.45) is 5.70. The highest BCUT2D eigenvalue weighted by Gasteiger charge is 2.56. The molecule has 2 fully saturated rings. The number of carbonyl (C=O) groups excluding carboxylic acids is 1. The summed E-state index contributed by atoms with van der Waals surface area (Å²) in [6.45, 7) is -0.635. The smallest absolute Gasteiger partial charge is 0.342 e.